The van der Waals surface area contributed by atoms with Gasteiger partial charge in [0.25, 0.3) is 10.0 Å². The fraction of sp³-hybridized carbons (Fsp3) is 0.111. The van der Waals surface area contributed by atoms with E-state index in [0.717, 1.165) is 5.56 Å². The number of nitrogens with one attached hydrogen (secondary N) is 1. The van der Waals surface area contributed by atoms with Crippen molar-refractivity contribution in [2.24, 2.45) is 7.05 Å². The molecule has 4 aromatic rings. The number of aromatic nitrogens is 5. The lowest BCUT2D eigenvalue weighted by Gasteiger charge is -2.08. The Hall–Kier alpha value is -3.33. The maximum atomic E-state index is 12.8. The highest BCUT2D eigenvalue weighted by atomic mass is 32.2. The molecular formula is C18H16N6O2S. The highest BCUT2D eigenvalue weighted by molar-refractivity contribution is 7.92. The number of hydrogen-bond acceptors (Lipinski definition) is 6. The Morgan fingerprint density at radius 3 is 2.63 bits per heavy atom. The summed E-state index contributed by atoms with van der Waals surface area (Å²) in [5.41, 5.74) is 2.82. The van der Waals surface area contributed by atoms with E-state index in [0.29, 0.717) is 22.4 Å². The Morgan fingerprint density at radius 1 is 1.07 bits per heavy atom. The lowest BCUT2D eigenvalue weighted by atomic mass is 10.1. The van der Waals surface area contributed by atoms with E-state index >= 15 is 0 Å². The zero-order chi connectivity index (χ0) is 19.0. The van der Waals surface area contributed by atoms with E-state index in [1.165, 1.54) is 12.4 Å². The molecule has 0 amide bonds. The van der Waals surface area contributed by atoms with Gasteiger partial charge in [0.15, 0.2) is 5.65 Å². The molecule has 0 aliphatic carbocycles. The van der Waals surface area contributed by atoms with Crippen LogP contribution in [0, 0.1) is 6.92 Å². The Balaban J connectivity index is 1.69. The predicted octanol–water partition coefficient (Wildman–Crippen LogP) is 2.53. The number of rotatable bonds is 4. The summed E-state index contributed by atoms with van der Waals surface area (Å²) in [7, 11) is -2.12. The second-order valence-corrected chi connectivity index (χ2v) is 7.67. The van der Waals surface area contributed by atoms with Crippen molar-refractivity contribution in [2.45, 2.75) is 11.8 Å². The minimum Gasteiger partial charge on any atom is -0.250 e. The molecule has 3 heterocycles. The van der Waals surface area contributed by atoms with Crippen LogP contribution >= 0.6 is 0 Å². The van der Waals surface area contributed by atoms with Crippen LogP contribution in [0.1, 0.15) is 5.69 Å². The summed E-state index contributed by atoms with van der Waals surface area (Å²) >= 11 is 0. The molecule has 0 saturated carbocycles. The van der Waals surface area contributed by atoms with Crippen molar-refractivity contribution in [3.05, 3.63) is 60.6 Å². The molecule has 0 unspecified atom stereocenters. The summed E-state index contributed by atoms with van der Waals surface area (Å²) in [6.07, 6.45) is 2.81. The molecule has 0 spiro atoms. The first kappa shape index (κ1) is 17.1. The maximum Gasteiger partial charge on any atom is 0.265 e. The quantitative estimate of drug-likeness (QED) is 0.584. The summed E-state index contributed by atoms with van der Waals surface area (Å²) in [5.74, 6) is -0.000594. The Labute approximate surface area is 156 Å². The number of anilines is 1. The summed E-state index contributed by atoms with van der Waals surface area (Å²) in [4.78, 5) is 12.6. The van der Waals surface area contributed by atoms with E-state index in [4.69, 9.17) is 0 Å². The number of sulfonamides is 1. The molecule has 0 atom stereocenters. The summed E-state index contributed by atoms with van der Waals surface area (Å²) in [5, 5.41) is 4.94. The summed E-state index contributed by atoms with van der Waals surface area (Å²) < 4.78 is 29.5. The van der Waals surface area contributed by atoms with Gasteiger partial charge in [-0.2, -0.15) is 5.10 Å². The average molecular weight is 380 g/mol. The van der Waals surface area contributed by atoms with Gasteiger partial charge >= 0.3 is 0 Å². The SMILES string of the molecule is Cc1nn(C)c2ncc(S(=O)(=O)Nc3nccc(-c4ccccc4)n3)cc12. The molecule has 27 heavy (non-hydrogen) atoms. The van der Waals surface area contributed by atoms with Gasteiger partial charge in [-0.25, -0.2) is 28.1 Å². The zero-order valence-electron chi connectivity index (χ0n) is 14.7. The van der Waals surface area contributed by atoms with Crippen LogP contribution in [0.2, 0.25) is 0 Å². The number of fused-ring (bicyclic) bond motifs is 1. The minimum absolute atomic E-state index is 0.000594. The molecule has 9 heteroatoms. The lowest BCUT2D eigenvalue weighted by molar-refractivity contribution is 0.600. The smallest absolute Gasteiger partial charge is 0.250 e. The molecule has 4 rings (SSSR count). The van der Waals surface area contributed by atoms with Crippen LogP contribution in [-0.4, -0.2) is 33.2 Å². The standard InChI is InChI=1S/C18H16N6O2S/c1-12-15-10-14(11-20-17(15)24(2)22-12)27(25,26)23-18-19-9-8-16(21-18)13-6-4-3-5-7-13/h3-11H,1-2H3,(H,19,21,23). The predicted molar refractivity (Wildman–Crippen MR) is 102 cm³/mol. The first-order chi connectivity index (χ1) is 12.9. The number of aryl methyl sites for hydroxylation is 2. The van der Waals surface area contributed by atoms with Crippen LogP contribution in [-0.2, 0) is 17.1 Å². The van der Waals surface area contributed by atoms with Crippen molar-refractivity contribution >= 4 is 27.0 Å². The van der Waals surface area contributed by atoms with Crippen molar-refractivity contribution in [3.63, 3.8) is 0 Å². The fourth-order valence-electron chi connectivity index (χ4n) is 2.79. The van der Waals surface area contributed by atoms with E-state index in [9.17, 15) is 8.42 Å². The van der Waals surface area contributed by atoms with Crippen LogP contribution in [0.15, 0.2) is 59.8 Å². The number of benzene rings is 1. The second-order valence-electron chi connectivity index (χ2n) is 5.99. The number of hydrogen-bond donors (Lipinski definition) is 1. The van der Waals surface area contributed by atoms with Crippen LogP contribution in [0.3, 0.4) is 0 Å². The topological polar surface area (TPSA) is 103 Å². The largest absolute Gasteiger partial charge is 0.265 e. The number of nitrogens with zero attached hydrogens (tertiary/aromatic N) is 5. The summed E-state index contributed by atoms with van der Waals surface area (Å²) in [6, 6.07) is 12.7. The third-order valence-electron chi connectivity index (χ3n) is 4.10. The molecule has 1 N–H and O–H groups in total. The first-order valence-corrected chi connectivity index (χ1v) is 9.63. The van der Waals surface area contributed by atoms with E-state index in [2.05, 4.69) is 24.8 Å². The molecular weight excluding hydrogens is 364 g/mol. The lowest BCUT2D eigenvalue weighted by Crippen LogP contribution is -2.15. The van der Waals surface area contributed by atoms with Gasteiger partial charge in [-0.05, 0) is 19.1 Å². The molecule has 0 bridgehead atoms. The summed E-state index contributed by atoms with van der Waals surface area (Å²) in [6.45, 7) is 1.81. The van der Waals surface area contributed by atoms with Gasteiger partial charge in [-0.15, -0.1) is 0 Å². The molecule has 0 saturated heterocycles. The Morgan fingerprint density at radius 2 is 1.85 bits per heavy atom. The molecule has 0 fully saturated rings. The first-order valence-electron chi connectivity index (χ1n) is 8.15. The van der Waals surface area contributed by atoms with Crippen molar-refractivity contribution in [1.29, 1.82) is 0 Å². The van der Waals surface area contributed by atoms with Crippen molar-refractivity contribution in [1.82, 2.24) is 24.7 Å². The minimum atomic E-state index is -3.89. The van der Waals surface area contributed by atoms with E-state index in [-0.39, 0.29) is 10.8 Å². The van der Waals surface area contributed by atoms with Gasteiger partial charge < -0.3 is 0 Å². The van der Waals surface area contributed by atoms with Crippen LogP contribution in [0.5, 0.6) is 0 Å². The Bertz CT molecular complexity index is 1240. The molecule has 3 aromatic heterocycles. The van der Waals surface area contributed by atoms with Gasteiger partial charge in [0.2, 0.25) is 5.95 Å². The maximum absolute atomic E-state index is 12.8. The molecule has 8 nitrogen and oxygen atoms in total. The average Bonchev–Trinajstić information content (AvgIpc) is 2.96. The Kier molecular flexibility index (Phi) is 4.08. The van der Waals surface area contributed by atoms with Crippen molar-refractivity contribution in [3.8, 4) is 11.3 Å². The van der Waals surface area contributed by atoms with Gasteiger partial charge in [0, 0.05) is 30.4 Å². The highest BCUT2D eigenvalue weighted by Gasteiger charge is 2.19. The second kappa shape index (κ2) is 6.44. The van der Waals surface area contributed by atoms with E-state index < -0.39 is 10.0 Å². The third-order valence-corrected chi connectivity index (χ3v) is 5.39. The van der Waals surface area contributed by atoms with Crippen LogP contribution < -0.4 is 4.72 Å². The van der Waals surface area contributed by atoms with Gasteiger partial charge in [0.05, 0.1) is 11.4 Å². The fourth-order valence-corrected chi connectivity index (χ4v) is 3.71. The van der Waals surface area contributed by atoms with E-state index in [1.54, 1.807) is 30.8 Å². The number of pyridine rings is 1. The monoisotopic (exact) mass is 380 g/mol. The van der Waals surface area contributed by atoms with Gasteiger partial charge in [-0.1, -0.05) is 30.3 Å². The van der Waals surface area contributed by atoms with Crippen molar-refractivity contribution < 1.29 is 8.42 Å². The molecule has 1 aromatic carbocycles. The van der Waals surface area contributed by atoms with E-state index in [1.807, 2.05) is 30.3 Å². The molecule has 0 radical (unpaired) electrons. The molecule has 0 aliphatic rings. The van der Waals surface area contributed by atoms with Gasteiger partial charge in [0.1, 0.15) is 4.90 Å². The zero-order valence-corrected chi connectivity index (χ0v) is 15.5. The highest BCUT2D eigenvalue weighted by Crippen LogP contribution is 2.22. The van der Waals surface area contributed by atoms with Crippen LogP contribution in [0.4, 0.5) is 5.95 Å². The molecule has 136 valence electrons. The molecule has 0 aliphatic heterocycles. The van der Waals surface area contributed by atoms with Crippen LogP contribution in [0.25, 0.3) is 22.3 Å². The third kappa shape index (κ3) is 3.24. The van der Waals surface area contributed by atoms with Gasteiger partial charge in [-0.3, -0.25) is 4.68 Å². The normalized spacial score (nSPS) is 11.6. The van der Waals surface area contributed by atoms with Crippen molar-refractivity contribution in [2.75, 3.05) is 4.72 Å².